The number of aryl methyl sites for hydroxylation is 2. The van der Waals surface area contributed by atoms with Crippen molar-refractivity contribution < 1.29 is 14.5 Å². The van der Waals surface area contributed by atoms with E-state index in [9.17, 15) is 0 Å². The Morgan fingerprint density at radius 1 is 1.00 bits per heavy atom. The summed E-state index contributed by atoms with van der Waals surface area (Å²) in [6.45, 7) is 1.05. The highest BCUT2D eigenvalue weighted by atomic mass is 16.3. The molecular weight excluding hydrogens is 342 g/mol. The fourth-order valence-electron chi connectivity index (χ4n) is 4.04. The van der Waals surface area contributed by atoms with Crippen molar-refractivity contribution in [3.05, 3.63) is 78.0 Å². The minimum atomic E-state index is -2.43. The van der Waals surface area contributed by atoms with E-state index in [4.69, 9.17) is 9.90 Å². The Morgan fingerprint density at radius 2 is 1.86 bits per heavy atom. The van der Waals surface area contributed by atoms with Crippen molar-refractivity contribution in [3.63, 3.8) is 0 Å². The summed E-state index contributed by atoms with van der Waals surface area (Å²) in [6, 6.07) is 20.0. The van der Waals surface area contributed by atoms with Gasteiger partial charge in [-0.3, -0.25) is 0 Å². The van der Waals surface area contributed by atoms with Gasteiger partial charge in [-0.15, -0.1) is 0 Å². The van der Waals surface area contributed by atoms with Gasteiger partial charge in [0, 0.05) is 34.0 Å². The van der Waals surface area contributed by atoms with E-state index in [2.05, 4.69) is 24.3 Å². The number of hydrogen-bond donors (Lipinski definition) is 0. The van der Waals surface area contributed by atoms with Gasteiger partial charge in [-0.05, 0) is 52.9 Å². The molecule has 0 saturated carbocycles. The first-order chi connectivity index (χ1) is 15.1. The van der Waals surface area contributed by atoms with Crippen LogP contribution in [0.2, 0.25) is 0 Å². The van der Waals surface area contributed by atoms with E-state index in [1.54, 1.807) is 6.07 Å². The van der Waals surface area contributed by atoms with Gasteiger partial charge >= 0.3 is 0 Å². The molecule has 3 aromatic carbocycles. The summed E-state index contributed by atoms with van der Waals surface area (Å²) in [5.74, 6) is -1.70. The Balaban J connectivity index is 1.80. The van der Waals surface area contributed by atoms with Gasteiger partial charge in [0.2, 0.25) is 5.69 Å². The van der Waals surface area contributed by atoms with E-state index in [1.807, 2.05) is 55.1 Å². The summed E-state index contributed by atoms with van der Waals surface area (Å²) in [4.78, 5) is 0. The highest BCUT2D eigenvalue weighted by Gasteiger charge is 2.18. The molecule has 0 N–H and O–H groups in total. The van der Waals surface area contributed by atoms with Crippen LogP contribution in [-0.4, -0.2) is 0 Å². The predicted octanol–water partition coefficient (Wildman–Crippen LogP) is 6.66. The van der Waals surface area contributed by atoms with Gasteiger partial charge in [0.25, 0.3) is 0 Å². The first-order valence-corrected chi connectivity index (χ1v) is 9.43. The largest absolute Gasteiger partial charge is 0.456 e. The lowest BCUT2D eigenvalue weighted by Crippen LogP contribution is -2.30. The molecule has 1 atom stereocenters. The van der Waals surface area contributed by atoms with E-state index < -0.39 is 12.7 Å². The van der Waals surface area contributed by atoms with Crippen molar-refractivity contribution >= 4 is 32.7 Å². The standard InChI is InChI=1S/C26H24NO/c1-16(2)19-11-12-27(4)23(14-19)21-15-22-25(13-17(21)3)28-24-10-9-18-7-5-6-8-20(18)26(22)24/h5-16H,1-4H3/q+1/i1D3,16D. The molecule has 0 aliphatic carbocycles. The maximum absolute atomic E-state index is 8.52. The fourth-order valence-corrected chi connectivity index (χ4v) is 4.04. The third kappa shape index (κ3) is 2.52. The number of rotatable bonds is 2. The molecule has 2 nitrogen and oxygen atoms in total. The van der Waals surface area contributed by atoms with E-state index in [0.29, 0.717) is 5.56 Å². The number of pyridine rings is 1. The minimum absolute atomic E-state index is 0.465. The molecule has 1 unspecified atom stereocenters. The van der Waals surface area contributed by atoms with Crippen LogP contribution in [-0.2, 0) is 7.05 Å². The Bertz CT molecular complexity index is 1510. The van der Waals surface area contributed by atoms with Crippen molar-refractivity contribution in [1.82, 2.24) is 0 Å². The lowest BCUT2D eigenvalue weighted by Gasteiger charge is -2.09. The van der Waals surface area contributed by atoms with E-state index in [0.717, 1.165) is 49.5 Å². The number of furan rings is 1. The van der Waals surface area contributed by atoms with Gasteiger partial charge in [0.1, 0.15) is 18.2 Å². The average Bonchev–Trinajstić information content (AvgIpc) is 3.10. The van der Waals surface area contributed by atoms with E-state index >= 15 is 0 Å². The van der Waals surface area contributed by atoms with Crippen LogP contribution < -0.4 is 4.57 Å². The Labute approximate surface area is 170 Å². The molecule has 2 aromatic heterocycles. The molecule has 2 heteroatoms. The zero-order valence-corrected chi connectivity index (χ0v) is 16.2. The number of aromatic nitrogens is 1. The molecular formula is C26H24NO+. The lowest BCUT2D eigenvalue weighted by atomic mass is 9.96. The Kier molecular flexibility index (Phi) is 2.90. The van der Waals surface area contributed by atoms with Crippen molar-refractivity contribution in [2.24, 2.45) is 7.05 Å². The van der Waals surface area contributed by atoms with Crippen molar-refractivity contribution in [1.29, 1.82) is 0 Å². The lowest BCUT2D eigenvalue weighted by molar-refractivity contribution is -0.660. The monoisotopic (exact) mass is 370 g/mol. The van der Waals surface area contributed by atoms with Gasteiger partial charge in [0.15, 0.2) is 6.20 Å². The first-order valence-electron chi connectivity index (χ1n) is 11.4. The molecule has 0 amide bonds. The third-order valence-corrected chi connectivity index (χ3v) is 5.57. The average molecular weight is 371 g/mol. The molecule has 0 aliphatic heterocycles. The summed E-state index contributed by atoms with van der Waals surface area (Å²) in [5, 5.41) is 4.39. The highest BCUT2D eigenvalue weighted by molar-refractivity contribution is 6.19. The number of benzene rings is 3. The molecule has 0 fully saturated rings. The molecule has 0 bridgehead atoms. The van der Waals surface area contributed by atoms with Crippen LogP contribution in [0.4, 0.5) is 0 Å². The SMILES string of the molecule is [2H]C([2H])([2H])C([2H])(C)c1cc[n+](C)c(-c2cc3c(cc2C)oc2ccc4ccccc4c23)c1. The van der Waals surface area contributed by atoms with Crippen LogP contribution in [0.1, 0.15) is 36.3 Å². The summed E-state index contributed by atoms with van der Waals surface area (Å²) in [6.07, 6.45) is 1.83. The maximum atomic E-state index is 8.52. The zero-order valence-electron chi connectivity index (χ0n) is 20.2. The maximum Gasteiger partial charge on any atom is 0.212 e. The molecule has 138 valence electrons. The smallest absolute Gasteiger partial charge is 0.212 e. The number of hydrogen-bond acceptors (Lipinski definition) is 1. The van der Waals surface area contributed by atoms with Crippen molar-refractivity contribution in [3.8, 4) is 11.3 Å². The Hall–Kier alpha value is -3.13. The van der Waals surface area contributed by atoms with Crippen molar-refractivity contribution in [2.45, 2.75) is 26.6 Å². The predicted molar refractivity (Wildman–Crippen MR) is 117 cm³/mol. The van der Waals surface area contributed by atoms with Crippen LogP contribution >= 0.6 is 0 Å². The number of fused-ring (bicyclic) bond motifs is 5. The van der Waals surface area contributed by atoms with Crippen LogP contribution in [0.5, 0.6) is 0 Å². The van der Waals surface area contributed by atoms with Gasteiger partial charge in [0.05, 0.1) is 0 Å². The molecule has 28 heavy (non-hydrogen) atoms. The third-order valence-electron chi connectivity index (χ3n) is 5.57. The quantitative estimate of drug-likeness (QED) is 0.317. The van der Waals surface area contributed by atoms with Crippen LogP contribution in [0.3, 0.4) is 0 Å². The van der Waals surface area contributed by atoms with E-state index in [-0.39, 0.29) is 0 Å². The normalized spacial score (nSPS) is 16.5. The molecule has 0 radical (unpaired) electrons. The molecule has 0 aliphatic rings. The second-order valence-electron chi connectivity index (χ2n) is 7.46. The van der Waals surface area contributed by atoms with Gasteiger partial charge in [-0.2, -0.15) is 0 Å². The minimum Gasteiger partial charge on any atom is -0.456 e. The fraction of sp³-hybridized carbons (Fsp3) is 0.192. The van der Waals surface area contributed by atoms with E-state index in [1.165, 1.54) is 6.92 Å². The summed E-state index contributed by atoms with van der Waals surface area (Å²) in [5.41, 5.74) is 5.00. The van der Waals surface area contributed by atoms with Crippen LogP contribution in [0, 0.1) is 6.92 Å². The molecule has 5 aromatic rings. The molecule has 2 heterocycles. The zero-order chi connectivity index (χ0) is 22.8. The first kappa shape index (κ1) is 13.1. The second-order valence-corrected chi connectivity index (χ2v) is 7.46. The second kappa shape index (κ2) is 6.20. The van der Waals surface area contributed by atoms with Crippen LogP contribution in [0.15, 0.2) is 71.3 Å². The molecule has 0 saturated heterocycles. The summed E-state index contributed by atoms with van der Waals surface area (Å²) >= 11 is 0. The summed E-state index contributed by atoms with van der Waals surface area (Å²) < 4.78 is 40.1. The topological polar surface area (TPSA) is 17.0 Å². The Morgan fingerprint density at radius 3 is 2.71 bits per heavy atom. The van der Waals surface area contributed by atoms with Gasteiger partial charge in [-0.1, -0.05) is 44.1 Å². The molecule has 0 spiro atoms. The summed E-state index contributed by atoms with van der Waals surface area (Å²) in [7, 11) is 1.93. The molecule has 5 rings (SSSR count). The van der Waals surface area contributed by atoms with Crippen molar-refractivity contribution in [2.75, 3.05) is 0 Å². The van der Waals surface area contributed by atoms with Gasteiger partial charge in [-0.25, -0.2) is 4.57 Å². The van der Waals surface area contributed by atoms with Gasteiger partial charge < -0.3 is 4.42 Å². The van der Waals surface area contributed by atoms with Crippen LogP contribution in [0.25, 0.3) is 44.0 Å². The highest BCUT2D eigenvalue weighted by Crippen LogP contribution is 2.37. The number of nitrogens with zero attached hydrogens (tertiary/aromatic N) is 1.